The first-order valence-corrected chi connectivity index (χ1v) is 7.14. The zero-order chi connectivity index (χ0) is 16.1. The maximum atomic E-state index is 11.9. The fourth-order valence-electron chi connectivity index (χ4n) is 2.38. The van der Waals surface area contributed by atoms with E-state index in [0.29, 0.717) is 0 Å². The highest BCUT2D eigenvalue weighted by Crippen LogP contribution is 2.20. The fourth-order valence-corrected chi connectivity index (χ4v) is 2.38. The molecule has 2 aromatic rings. The molecule has 2 rings (SSSR count). The molecular formula is C17H20N2O3. The van der Waals surface area contributed by atoms with Crippen LogP contribution >= 0.6 is 0 Å². The van der Waals surface area contributed by atoms with Gasteiger partial charge in [0.15, 0.2) is 0 Å². The number of benzene rings is 2. The van der Waals surface area contributed by atoms with Crippen LogP contribution < -0.4 is 5.32 Å². The summed E-state index contributed by atoms with van der Waals surface area (Å²) in [7, 11) is 1.61. The van der Waals surface area contributed by atoms with E-state index in [1.54, 1.807) is 7.05 Å². The van der Waals surface area contributed by atoms with Gasteiger partial charge in [-0.05, 0) is 36.4 Å². The van der Waals surface area contributed by atoms with E-state index >= 15 is 0 Å². The van der Waals surface area contributed by atoms with E-state index in [9.17, 15) is 9.59 Å². The van der Waals surface area contributed by atoms with Crippen molar-refractivity contribution in [3.8, 4) is 0 Å². The van der Waals surface area contributed by atoms with E-state index in [0.717, 1.165) is 16.3 Å². The molecule has 1 amide bonds. The summed E-state index contributed by atoms with van der Waals surface area (Å²) in [5.74, 6) is -1.14. The second-order valence-corrected chi connectivity index (χ2v) is 5.46. The SMILES string of the molecule is CC(NC(=O)CN(C)CC(=O)O)c1ccc2ccccc2c1. The lowest BCUT2D eigenvalue weighted by Gasteiger charge is -2.18. The molecule has 0 aliphatic rings. The third kappa shape index (κ3) is 4.30. The molecule has 0 saturated carbocycles. The van der Waals surface area contributed by atoms with Gasteiger partial charge in [0.1, 0.15) is 0 Å². The molecule has 0 radical (unpaired) electrons. The quantitative estimate of drug-likeness (QED) is 0.856. The molecule has 0 aliphatic carbocycles. The molecule has 0 fully saturated rings. The average Bonchev–Trinajstić information content (AvgIpc) is 2.45. The van der Waals surface area contributed by atoms with Crippen LogP contribution in [0.4, 0.5) is 0 Å². The van der Waals surface area contributed by atoms with Crippen molar-refractivity contribution in [3.05, 3.63) is 48.0 Å². The number of aliphatic carboxylic acids is 1. The number of hydrogen-bond donors (Lipinski definition) is 2. The topological polar surface area (TPSA) is 69.6 Å². The maximum Gasteiger partial charge on any atom is 0.317 e. The van der Waals surface area contributed by atoms with Crippen LogP contribution in [0.5, 0.6) is 0 Å². The van der Waals surface area contributed by atoms with E-state index in [4.69, 9.17) is 5.11 Å². The number of nitrogens with zero attached hydrogens (tertiary/aromatic N) is 1. The van der Waals surface area contributed by atoms with Crippen molar-refractivity contribution >= 4 is 22.6 Å². The molecule has 2 N–H and O–H groups in total. The van der Waals surface area contributed by atoms with Gasteiger partial charge in [-0.15, -0.1) is 0 Å². The highest BCUT2D eigenvalue weighted by molar-refractivity contribution is 5.83. The van der Waals surface area contributed by atoms with Crippen molar-refractivity contribution in [2.75, 3.05) is 20.1 Å². The monoisotopic (exact) mass is 300 g/mol. The molecule has 0 heterocycles. The van der Waals surface area contributed by atoms with Crippen LogP contribution in [0.1, 0.15) is 18.5 Å². The molecule has 22 heavy (non-hydrogen) atoms. The van der Waals surface area contributed by atoms with Crippen LogP contribution in [0.2, 0.25) is 0 Å². The third-order valence-electron chi connectivity index (χ3n) is 3.47. The highest BCUT2D eigenvalue weighted by Gasteiger charge is 2.13. The Morgan fingerprint density at radius 1 is 1.14 bits per heavy atom. The molecule has 5 heteroatoms. The van der Waals surface area contributed by atoms with Crippen molar-refractivity contribution in [3.63, 3.8) is 0 Å². The number of nitrogens with one attached hydrogen (secondary N) is 1. The number of fused-ring (bicyclic) bond motifs is 1. The minimum Gasteiger partial charge on any atom is -0.480 e. The molecule has 0 spiro atoms. The van der Waals surface area contributed by atoms with Gasteiger partial charge in [0.2, 0.25) is 5.91 Å². The van der Waals surface area contributed by atoms with Gasteiger partial charge in [-0.3, -0.25) is 14.5 Å². The molecule has 0 aliphatic heterocycles. The molecule has 0 bridgehead atoms. The Labute approximate surface area is 129 Å². The molecule has 1 unspecified atom stereocenters. The number of carbonyl (C=O) groups is 2. The second-order valence-electron chi connectivity index (χ2n) is 5.46. The molecule has 0 saturated heterocycles. The van der Waals surface area contributed by atoms with Crippen LogP contribution in [0.25, 0.3) is 10.8 Å². The van der Waals surface area contributed by atoms with E-state index in [1.807, 2.05) is 43.3 Å². The first-order valence-electron chi connectivity index (χ1n) is 7.14. The molecule has 1 atom stereocenters. The van der Waals surface area contributed by atoms with Crippen molar-refractivity contribution in [2.24, 2.45) is 0 Å². The standard InChI is InChI=1S/C17H20N2O3/c1-12(18-16(20)10-19(2)11-17(21)22)14-8-7-13-5-3-4-6-15(13)9-14/h3-9,12H,10-11H2,1-2H3,(H,18,20)(H,21,22). The van der Waals surface area contributed by atoms with Crippen LogP contribution in [-0.4, -0.2) is 42.0 Å². The molecular weight excluding hydrogens is 280 g/mol. The number of rotatable bonds is 6. The zero-order valence-electron chi connectivity index (χ0n) is 12.7. The predicted octanol–water partition coefficient (Wildman–Crippen LogP) is 2.03. The van der Waals surface area contributed by atoms with Gasteiger partial charge >= 0.3 is 5.97 Å². The van der Waals surface area contributed by atoms with Crippen LogP contribution in [-0.2, 0) is 9.59 Å². The van der Waals surface area contributed by atoms with Crippen LogP contribution in [0.3, 0.4) is 0 Å². The van der Waals surface area contributed by atoms with E-state index in [2.05, 4.69) is 11.4 Å². The third-order valence-corrected chi connectivity index (χ3v) is 3.47. The number of carboxylic acids is 1. The van der Waals surface area contributed by atoms with Crippen molar-refractivity contribution in [1.82, 2.24) is 10.2 Å². The molecule has 2 aromatic carbocycles. The minimum absolute atomic E-state index is 0.0597. The van der Waals surface area contributed by atoms with Crippen LogP contribution in [0, 0.1) is 0 Å². The summed E-state index contributed by atoms with van der Waals surface area (Å²) in [4.78, 5) is 24.0. The molecule has 0 aromatic heterocycles. The lowest BCUT2D eigenvalue weighted by atomic mass is 10.0. The minimum atomic E-state index is -0.946. The van der Waals surface area contributed by atoms with E-state index in [1.165, 1.54) is 4.90 Å². The van der Waals surface area contributed by atoms with Crippen molar-refractivity contribution in [1.29, 1.82) is 0 Å². The van der Waals surface area contributed by atoms with Gasteiger partial charge < -0.3 is 10.4 Å². The Morgan fingerprint density at radius 2 is 1.82 bits per heavy atom. The number of hydrogen-bond acceptors (Lipinski definition) is 3. The van der Waals surface area contributed by atoms with E-state index < -0.39 is 5.97 Å². The lowest BCUT2D eigenvalue weighted by Crippen LogP contribution is -2.38. The first kappa shape index (κ1) is 16.0. The second kappa shape index (κ2) is 7.04. The largest absolute Gasteiger partial charge is 0.480 e. The van der Waals surface area contributed by atoms with Gasteiger partial charge in [0.05, 0.1) is 19.1 Å². The Morgan fingerprint density at radius 3 is 2.50 bits per heavy atom. The molecule has 5 nitrogen and oxygen atoms in total. The van der Waals surface area contributed by atoms with Crippen molar-refractivity contribution < 1.29 is 14.7 Å². The van der Waals surface area contributed by atoms with Gasteiger partial charge in [0, 0.05) is 0 Å². The summed E-state index contributed by atoms with van der Waals surface area (Å²) < 4.78 is 0. The number of amides is 1. The van der Waals surface area contributed by atoms with E-state index in [-0.39, 0.29) is 25.0 Å². The first-order chi connectivity index (χ1) is 10.5. The van der Waals surface area contributed by atoms with Crippen molar-refractivity contribution in [2.45, 2.75) is 13.0 Å². The molecule has 116 valence electrons. The summed E-state index contributed by atoms with van der Waals surface area (Å²) in [6, 6.07) is 14.0. The summed E-state index contributed by atoms with van der Waals surface area (Å²) in [5, 5.41) is 13.9. The average molecular weight is 300 g/mol. The lowest BCUT2D eigenvalue weighted by molar-refractivity contribution is -0.138. The summed E-state index contributed by atoms with van der Waals surface area (Å²) in [6.45, 7) is 1.82. The maximum absolute atomic E-state index is 11.9. The Kier molecular flexibility index (Phi) is 5.12. The smallest absolute Gasteiger partial charge is 0.317 e. The number of carbonyl (C=O) groups excluding carboxylic acids is 1. The van der Waals surface area contributed by atoms with Gasteiger partial charge in [-0.2, -0.15) is 0 Å². The van der Waals surface area contributed by atoms with Gasteiger partial charge in [-0.25, -0.2) is 0 Å². The van der Waals surface area contributed by atoms with Crippen LogP contribution in [0.15, 0.2) is 42.5 Å². The summed E-state index contributed by atoms with van der Waals surface area (Å²) >= 11 is 0. The van der Waals surface area contributed by atoms with Gasteiger partial charge in [-0.1, -0.05) is 36.4 Å². The number of carboxylic acid groups (broad SMARTS) is 1. The Hall–Kier alpha value is -2.40. The Balaban J connectivity index is 1.99. The number of likely N-dealkylation sites (N-methyl/N-ethyl adjacent to an activating group) is 1. The zero-order valence-corrected chi connectivity index (χ0v) is 12.7. The highest BCUT2D eigenvalue weighted by atomic mass is 16.4. The predicted molar refractivity (Wildman–Crippen MR) is 85.6 cm³/mol. The Bertz CT molecular complexity index is 684. The summed E-state index contributed by atoms with van der Waals surface area (Å²) in [6.07, 6.45) is 0. The summed E-state index contributed by atoms with van der Waals surface area (Å²) in [5.41, 5.74) is 1.02. The van der Waals surface area contributed by atoms with Gasteiger partial charge in [0.25, 0.3) is 0 Å². The normalized spacial score (nSPS) is 12.3. The fraction of sp³-hybridized carbons (Fsp3) is 0.294.